The van der Waals surface area contributed by atoms with E-state index in [2.05, 4.69) is 10.4 Å². The Balaban J connectivity index is 2.31. The Morgan fingerprint density at radius 3 is 3.00 bits per heavy atom. The van der Waals surface area contributed by atoms with Crippen molar-refractivity contribution in [1.82, 2.24) is 14.9 Å². The van der Waals surface area contributed by atoms with Crippen molar-refractivity contribution in [2.24, 2.45) is 0 Å². The molecule has 0 saturated carbocycles. The lowest BCUT2D eigenvalue weighted by Crippen LogP contribution is -2.46. The number of rotatable bonds is 3. The van der Waals surface area contributed by atoms with Crippen molar-refractivity contribution in [3.05, 3.63) is 36.2 Å². The van der Waals surface area contributed by atoms with Gasteiger partial charge in [-0.25, -0.2) is 4.52 Å². The van der Waals surface area contributed by atoms with E-state index in [4.69, 9.17) is 5.11 Å². The molecule has 2 N–H and O–H groups in total. The maximum atomic E-state index is 12.0. The van der Waals surface area contributed by atoms with Gasteiger partial charge in [-0.05, 0) is 26.0 Å². The van der Waals surface area contributed by atoms with Gasteiger partial charge in [-0.3, -0.25) is 4.79 Å². The van der Waals surface area contributed by atoms with Gasteiger partial charge >= 0.3 is 0 Å². The number of aliphatic hydroxyl groups excluding tert-OH is 1. The minimum atomic E-state index is -0.639. The number of hydrogen-bond donors (Lipinski definition) is 2. The number of carbonyl (C=O) groups excluding carboxylic acids is 1. The van der Waals surface area contributed by atoms with Gasteiger partial charge in [-0.2, -0.15) is 5.10 Å². The van der Waals surface area contributed by atoms with Gasteiger partial charge in [0.05, 0.1) is 29.4 Å². The number of aromatic nitrogens is 2. The first-order chi connectivity index (χ1) is 8.03. The molecule has 0 radical (unpaired) electrons. The zero-order valence-corrected chi connectivity index (χ0v) is 9.84. The summed E-state index contributed by atoms with van der Waals surface area (Å²) in [5, 5.41) is 16.0. The first kappa shape index (κ1) is 11.6. The second-order valence-electron chi connectivity index (χ2n) is 4.58. The third kappa shape index (κ3) is 2.29. The summed E-state index contributed by atoms with van der Waals surface area (Å²) in [4.78, 5) is 12.0. The van der Waals surface area contributed by atoms with E-state index in [9.17, 15) is 4.79 Å². The number of nitrogens with zero attached hydrogens (tertiary/aromatic N) is 2. The summed E-state index contributed by atoms with van der Waals surface area (Å²) >= 11 is 0. The molecular weight excluding hydrogens is 218 g/mol. The van der Waals surface area contributed by atoms with Crippen molar-refractivity contribution >= 4 is 11.4 Å². The second kappa shape index (κ2) is 4.18. The van der Waals surface area contributed by atoms with Crippen LogP contribution in [0.25, 0.3) is 5.52 Å². The molecule has 0 aromatic carbocycles. The molecule has 0 atom stereocenters. The molecule has 0 aliphatic rings. The van der Waals surface area contributed by atoms with E-state index in [0.717, 1.165) is 5.52 Å². The standard InChI is InChI=1S/C12H15N3O2/c1-12(2,8-16)14-11(17)9-7-13-15-6-4-3-5-10(9)15/h3-7,16H,8H2,1-2H3,(H,14,17). The van der Waals surface area contributed by atoms with Crippen molar-refractivity contribution in [2.75, 3.05) is 6.61 Å². The Morgan fingerprint density at radius 2 is 2.29 bits per heavy atom. The Kier molecular flexibility index (Phi) is 2.85. The molecule has 5 nitrogen and oxygen atoms in total. The van der Waals surface area contributed by atoms with Crippen molar-refractivity contribution < 1.29 is 9.90 Å². The number of hydrogen-bond acceptors (Lipinski definition) is 3. The van der Waals surface area contributed by atoms with Crippen LogP contribution in [0.4, 0.5) is 0 Å². The highest BCUT2D eigenvalue weighted by Crippen LogP contribution is 2.11. The predicted molar refractivity (Wildman–Crippen MR) is 63.8 cm³/mol. The highest BCUT2D eigenvalue weighted by atomic mass is 16.3. The summed E-state index contributed by atoms with van der Waals surface area (Å²) < 4.78 is 1.64. The van der Waals surface area contributed by atoms with E-state index in [0.29, 0.717) is 5.56 Å². The van der Waals surface area contributed by atoms with Gasteiger partial charge < -0.3 is 10.4 Å². The molecule has 0 aliphatic heterocycles. The molecule has 90 valence electrons. The van der Waals surface area contributed by atoms with Crippen molar-refractivity contribution in [2.45, 2.75) is 19.4 Å². The number of amides is 1. The van der Waals surface area contributed by atoms with Crippen LogP contribution in [0.5, 0.6) is 0 Å². The minimum Gasteiger partial charge on any atom is -0.394 e. The maximum Gasteiger partial charge on any atom is 0.255 e. The fraction of sp³-hybridized carbons (Fsp3) is 0.333. The zero-order chi connectivity index (χ0) is 12.5. The van der Waals surface area contributed by atoms with Crippen LogP contribution >= 0.6 is 0 Å². The Hall–Kier alpha value is -1.88. The number of nitrogens with one attached hydrogen (secondary N) is 1. The van der Waals surface area contributed by atoms with Crippen LogP contribution in [0.1, 0.15) is 24.2 Å². The number of carbonyl (C=O) groups is 1. The van der Waals surface area contributed by atoms with E-state index in [1.54, 1.807) is 24.6 Å². The molecule has 0 saturated heterocycles. The minimum absolute atomic E-state index is 0.113. The van der Waals surface area contributed by atoms with Crippen LogP contribution in [0.3, 0.4) is 0 Å². The van der Waals surface area contributed by atoms with Crippen molar-refractivity contribution in [1.29, 1.82) is 0 Å². The molecule has 5 heteroatoms. The van der Waals surface area contributed by atoms with Gasteiger partial charge in [0.1, 0.15) is 0 Å². The van der Waals surface area contributed by atoms with E-state index in [1.165, 1.54) is 6.20 Å². The van der Waals surface area contributed by atoms with Gasteiger partial charge in [-0.1, -0.05) is 6.07 Å². The number of pyridine rings is 1. The van der Waals surface area contributed by atoms with Crippen molar-refractivity contribution in [3.63, 3.8) is 0 Å². The van der Waals surface area contributed by atoms with E-state index in [-0.39, 0.29) is 12.5 Å². The molecule has 0 unspecified atom stereocenters. The number of aliphatic hydroxyl groups is 1. The van der Waals surface area contributed by atoms with Gasteiger partial charge in [0, 0.05) is 6.20 Å². The normalized spacial score (nSPS) is 11.7. The first-order valence-corrected chi connectivity index (χ1v) is 5.39. The molecule has 2 heterocycles. The van der Waals surface area contributed by atoms with E-state index < -0.39 is 5.54 Å². The number of fused-ring (bicyclic) bond motifs is 1. The largest absolute Gasteiger partial charge is 0.394 e. The van der Waals surface area contributed by atoms with E-state index >= 15 is 0 Å². The summed E-state index contributed by atoms with van der Waals surface area (Å²) in [6, 6.07) is 5.53. The smallest absolute Gasteiger partial charge is 0.255 e. The lowest BCUT2D eigenvalue weighted by molar-refractivity contribution is 0.0871. The molecule has 0 bridgehead atoms. The molecule has 2 aromatic heterocycles. The first-order valence-electron chi connectivity index (χ1n) is 5.39. The lowest BCUT2D eigenvalue weighted by atomic mass is 10.1. The van der Waals surface area contributed by atoms with Gasteiger partial charge in [-0.15, -0.1) is 0 Å². The van der Waals surface area contributed by atoms with E-state index in [1.807, 2.05) is 18.2 Å². The zero-order valence-electron chi connectivity index (χ0n) is 9.84. The highest BCUT2D eigenvalue weighted by molar-refractivity contribution is 6.00. The van der Waals surface area contributed by atoms with Crippen LogP contribution in [-0.2, 0) is 0 Å². The summed E-state index contributed by atoms with van der Waals surface area (Å²) in [7, 11) is 0. The molecule has 0 aliphatic carbocycles. The Bertz CT molecular complexity index is 545. The Labute approximate surface area is 99.1 Å². The van der Waals surface area contributed by atoms with Gasteiger partial charge in [0.2, 0.25) is 0 Å². The average molecular weight is 233 g/mol. The second-order valence-corrected chi connectivity index (χ2v) is 4.58. The molecule has 0 fully saturated rings. The molecule has 1 amide bonds. The van der Waals surface area contributed by atoms with Crippen LogP contribution in [0, 0.1) is 0 Å². The predicted octanol–water partition coefficient (Wildman–Crippen LogP) is 0.835. The summed E-state index contributed by atoms with van der Waals surface area (Å²) in [6.07, 6.45) is 3.31. The molecular formula is C12H15N3O2. The third-order valence-corrected chi connectivity index (χ3v) is 2.52. The quantitative estimate of drug-likeness (QED) is 0.825. The van der Waals surface area contributed by atoms with Crippen molar-refractivity contribution in [3.8, 4) is 0 Å². The van der Waals surface area contributed by atoms with Crippen LogP contribution < -0.4 is 5.32 Å². The molecule has 0 spiro atoms. The third-order valence-electron chi connectivity index (χ3n) is 2.52. The van der Waals surface area contributed by atoms with Gasteiger partial charge in [0.25, 0.3) is 5.91 Å². The molecule has 2 aromatic rings. The summed E-state index contributed by atoms with van der Waals surface area (Å²) in [5.41, 5.74) is 0.617. The average Bonchev–Trinajstić information content (AvgIpc) is 2.72. The fourth-order valence-electron chi connectivity index (χ4n) is 1.52. The highest BCUT2D eigenvalue weighted by Gasteiger charge is 2.21. The fourth-order valence-corrected chi connectivity index (χ4v) is 1.52. The maximum absolute atomic E-state index is 12.0. The summed E-state index contributed by atoms with van der Waals surface area (Å²) in [5.74, 6) is -0.231. The monoisotopic (exact) mass is 233 g/mol. The summed E-state index contributed by atoms with van der Waals surface area (Å²) in [6.45, 7) is 3.41. The van der Waals surface area contributed by atoms with Gasteiger partial charge in [0.15, 0.2) is 0 Å². The topological polar surface area (TPSA) is 66.6 Å². The molecule has 2 rings (SSSR count). The van der Waals surface area contributed by atoms with Crippen LogP contribution in [0.2, 0.25) is 0 Å². The van der Waals surface area contributed by atoms with Crippen LogP contribution in [-0.4, -0.2) is 32.8 Å². The van der Waals surface area contributed by atoms with Crippen LogP contribution in [0.15, 0.2) is 30.6 Å². The lowest BCUT2D eigenvalue weighted by Gasteiger charge is -2.23. The SMILES string of the molecule is CC(C)(CO)NC(=O)c1cnn2ccccc12. The Morgan fingerprint density at radius 1 is 1.53 bits per heavy atom. The molecule has 17 heavy (non-hydrogen) atoms.